The van der Waals surface area contributed by atoms with Crippen molar-refractivity contribution in [3.8, 4) is 0 Å². The summed E-state index contributed by atoms with van der Waals surface area (Å²) < 4.78 is 1.84. The Kier molecular flexibility index (Phi) is 5.08. The predicted molar refractivity (Wildman–Crippen MR) is 103 cm³/mol. The number of nitrogens with zero attached hydrogens (tertiary/aromatic N) is 4. The number of rotatable bonds is 3. The van der Waals surface area contributed by atoms with Gasteiger partial charge in [0.15, 0.2) is 5.65 Å². The minimum Gasteiger partial charge on any atom is -0.326 e. The van der Waals surface area contributed by atoms with Gasteiger partial charge < -0.3 is 5.73 Å². The molecule has 0 saturated carbocycles. The van der Waals surface area contributed by atoms with Gasteiger partial charge in [0.1, 0.15) is 0 Å². The molecule has 0 radical (unpaired) electrons. The molecule has 0 unspecified atom stereocenters. The van der Waals surface area contributed by atoms with E-state index in [2.05, 4.69) is 51.4 Å². The van der Waals surface area contributed by atoms with Crippen molar-refractivity contribution in [2.75, 3.05) is 13.1 Å². The molecular formula is C19H24ClN5. The highest BCUT2D eigenvalue weighted by Crippen LogP contribution is 2.27. The van der Waals surface area contributed by atoms with Gasteiger partial charge in [-0.3, -0.25) is 9.58 Å². The lowest BCUT2D eigenvalue weighted by Crippen LogP contribution is -2.28. The van der Waals surface area contributed by atoms with E-state index in [-0.39, 0.29) is 18.4 Å². The molecule has 1 fully saturated rings. The maximum Gasteiger partial charge on any atom is 0.157 e. The molecule has 0 spiro atoms. The van der Waals surface area contributed by atoms with Crippen molar-refractivity contribution in [3.63, 3.8) is 0 Å². The molecule has 0 aliphatic carbocycles. The molecule has 132 valence electrons. The smallest absolute Gasteiger partial charge is 0.157 e. The van der Waals surface area contributed by atoms with Crippen molar-refractivity contribution in [1.29, 1.82) is 0 Å². The number of hydrogen-bond donors (Lipinski definition) is 1. The van der Waals surface area contributed by atoms with Crippen LogP contribution in [0.15, 0.2) is 42.6 Å². The molecule has 2 atom stereocenters. The van der Waals surface area contributed by atoms with Crippen LogP contribution in [0.25, 0.3) is 11.0 Å². The first-order chi connectivity index (χ1) is 11.6. The lowest BCUT2D eigenvalue weighted by molar-refractivity contribution is 0.323. The summed E-state index contributed by atoms with van der Waals surface area (Å²) in [6, 6.07) is 13.0. The maximum atomic E-state index is 6.40. The first-order valence-electron chi connectivity index (χ1n) is 8.43. The van der Waals surface area contributed by atoms with Crippen molar-refractivity contribution < 1.29 is 0 Å². The van der Waals surface area contributed by atoms with Gasteiger partial charge in [0, 0.05) is 50.2 Å². The zero-order valence-corrected chi connectivity index (χ0v) is 15.4. The highest BCUT2D eigenvalue weighted by molar-refractivity contribution is 5.85. The predicted octanol–water partition coefficient (Wildman–Crippen LogP) is 2.63. The Labute approximate surface area is 154 Å². The third kappa shape index (κ3) is 3.40. The zero-order chi connectivity index (χ0) is 16.7. The molecule has 5 nitrogen and oxygen atoms in total. The molecule has 0 bridgehead atoms. The number of fused-ring (bicyclic) bond motifs is 1. The van der Waals surface area contributed by atoms with E-state index in [1.807, 2.05) is 24.9 Å². The average Bonchev–Trinajstić information content (AvgIpc) is 3.08. The monoisotopic (exact) mass is 357 g/mol. The minimum absolute atomic E-state index is 0. The highest BCUT2D eigenvalue weighted by Gasteiger charge is 2.31. The summed E-state index contributed by atoms with van der Waals surface area (Å²) in [4.78, 5) is 7.01. The molecule has 0 amide bonds. The molecular weight excluding hydrogens is 334 g/mol. The highest BCUT2D eigenvalue weighted by atomic mass is 35.5. The van der Waals surface area contributed by atoms with Crippen LogP contribution in [0.5, 0.6) is 0 Å². The first kappa shape index (κ1) is 17.9. The molecule has 1 aliphatic rings. The van der Waals surface area contributed by atoms with E-state index in [1.165, 1.54) is 11.1 Å². The number of benzene rings is 1. The Balaban J connectivity index is 0.00000182. The minimum atomic E-state index is 0. The van der Waals surface area contributed by atoms with Gasteiger partial charge in [-0.05, 0) is 24.1 Å². The second kappa shape index (κ2) is 7.12. The number of aryl methyl sites for hydroxylation is 2. The normalized spacial score (nSPS) is 20.8. The van der Waals surface area contributed by atoms with E-state index < -0.39 is 0 Å². The Morgan fingerprint density at radius 3 is 2.72 bits per heavy atom. The van der Waals surface area contributed by atoms with Gasteiger partial charge in [-0.2, -0.15) is 5.10 Å². The van der Waals surface area contributed by atoms with Crippen LogP contribution in [0.1, 0.15) is 22.7 Å². The molecule has 2 N–H and O–H groups in total. The van der Waals surface area contributed by atoms with Gasteiger partial charge in [0.05, 0.1) is 5.69 Å². The largest absolute Gasteiger partial charge is 0.326 e. The zero-order valence-electron chi connectivity index (χ0n) is 14.6. The topological polar surface area (TPSA) is 60.0 Å². The van der Waals surface area contributed by atoms with E-state index in [9.17, 15) is 0 Å². The lowest BCUT2D eigenvalue weighted by atomic mass is 9.95. The summed E-state index contributed by atoms with van der Waals surface area (Å²) >= 11 is 0. The van der Waals surface area contributed by atoms with Gasteiger partial charge in [-0.25, -0.2) is 4.98 Å². The summed E-state index contributed by atoms with van der Waals surface area (Å²) in [7, 11) is 1.94. The van der Waals surface area contributed by atoms with E-state index in [4.69, 9.17) is 5.73 Å². The number of aromatic nitrogens is 3. The summed E-state index contributed by atoms with van der Waals surface area (Å²) in [5, 5.41) is 5.58. The molecule has 3 heterocycles. The van der Waals surface area contributed by atoms with E-state index in [0.717, 1.165) is 36.4 Å². The number of hydrogen-bond acceptors (Lipinski definition) is 4. The Hall–Kier alpha value is -1.95. The second-order valence-electron chi connectivity index (χ2n) is 6.80. The lowest BCUT2D eigenvalue weighted by Gasteiger charge is -2.16. The third-order valence-electron chi connectivity index (χ3n) is 4.99. The van der Waals surface area contributed by atoms with Gasteiger partial charge >= 0.3 is 0 Å². The van der Waals surface area contributed by atoms with Crippen LogP contribution >= 0.6 is 12.4 Å². The van der Waals surface area contributed by atoms with Crippen molar-refractivity contribution in [2.45, 2.75) is 25.4 Å². The molecule has 1 aromatic carbocycles. The summed E-state index contributed by atoms with van der Waals surface area (Å²) in [5.74, 6) is 0.406. The van der Waals surface area contributed by atoms with Crippen molar-refractivity contribution in [1.82, 2.24) is 19.7 Å². The van der Waals surface area contributed by atoms with E-state index >= 15 is 0 Å². The standard InChI is InChI=1S/C19H23N5.ClH/c1-13-16-8-14(9-21-19(16)23(2)22-13)10-24-11-17(18(20)12-24)15-6-4-3-5-7-15;/h3-9,17-18H,10-12,20H2,1-2H3;1H/t17-,18+;/m0./s1. The molecule has 1 aliphatic heterocycles. The van der Waals surface area contributed by atoms with Crippen molar-refractivity contribution in [3.05, 3.63) is 59.4 Å². The van der Waals surface area contributed by atoms with Crippen LogP contribution in [0, 0.1) is 6.92 Å². The van der Waals surface area contributed by atoms with Crippen LogP contribution in [-0.2, 0) is 13.6 Å². The Morgan fingerprint density at radius 1 is 1.20 bits per heavy atom. The fourth-order valence-electron chi connectivity index (χ4n) is 3.79. The Bertz CT molecular complexity index is 861. The quantitative estimate of drug-likeness (QED) is 0.782. The number of pyridine rings is 1. The van der Waals surface area contributed by atoms with Crippen LogP contribution in [0.2, 0.25) is 0 Å². The van der Waals surface area contributed by atoms with Crippen LogP contribution in [-0.4, -0.2) is 38.8 Å². The second-order valence-corrected chi connectivity index (χ2v) is 6.80. The number of nitrogens with two attached hydrogens (primary N) is 1. The number of likely N-dealkylation sites (tertiary alicyclic amines) is 1. The van der Waals surface area contributed by atoms with Gasteiger partial charge in [0.25, 0.3) is 0 Å². The third-order valence-corrected chi connectivity index (χ3v) is 4.99. The molecule has 6 heteroatoms. The van der Waals surface area contributed by atoms with Crippen LogP contribution in [0.4, 0.5) is 0 Å². The van der Waals surface area contributed by atoms with Gasteiger partial charge in [-0.15, -0.1) is 12.4 Å². The van der Waals surface area contributed by atoms with Crippen molar-refractivity contribution in [2.24, 2.45) is 12.8 Å². The summed E-state index contributed by atoms with van der Waals surface area (Å²) in [6.45, 7) is 4.83. The molecule has 3 aromatic rings. The van der Waals surface area contributed by atoms with Crippen LogP contribution in [0.3, 0.4) is 0 Å². The summed E-state index contributed by atoms with van der Waals surface area (Å²) in [6.07, 6.45) is 1.96. The molecule has 2 aromatic heterocycles. The van der Waals surface area contributed by atoms with Crippen molar-refractivity contribution >= 4 is 23.4 Å². The average molecular weight is 358 g/mol. The fourth-order valence-corrected chi connectivity index (χ4v) is 3.79. The Morgan fingerprint density at radius 2 is 1.96 bits per heavy atom. The van der Waals surface area contributed by atoms with E-state index in [1.54, 1.807) is 0 Å². The first-order valence-corrected chi connectivity index (χ1v) is 8.43. The summed E-state index contributed by atoms with van der Waals surface area (Å²) in [5.41, 5.74) is 10.9. The fraction of sp³-hybridized carbons (Fsp3) is 0.368. The SMILES string of the molecule is Cc1nn(C)c2ncc(CN3C[C@@H](N)[C@H](c4ccccc4)C3)cc12.Cl. The van der Waals surface area contributed by atoms with Gasteiger partial charge in [-0.1, -0.05) is 30.3 Å². The molecule has 1 saturated heterocycles. The maximum absolute atomic E-state index is 6.40. The molecule has 4 rings (SSSR count). The van der Waals surface area contributed by atoms with Crippen LogP contribution < -0.4 is 5.73 Å². The van der Waals surface area contributed by atoms with E-state index in [0.29, 0.717) is 5.92 Å². The van der Waals surface area contributed by atoms with Gasteiger partial charge in [0.2, 0.25) is 0 Å². The number of halogens is 1. The molecule has 25 heavy (non-hydrogen) atoms.